The van der Waals surface area contributed by atoms with Gasteiger partial charge in [0.25, 0.3) is 0 Å². The van der Waals surface area contributed by atoms with E-state index in [1.165, 1.54) is 17.1 Å². The number of nitrogen functional groups attached to an aromatic ring is 1. The third-order valence-electron chi connectivity index (χ3n) is 8.25. The fraction of sp³-hybridized carbons (Fsp3) is 0.242. The van der Waals surface area contributed by atoms with Crippen LogP contribution in [0.1, 0.15) is 16.7 Å². The van der Waals surface area contributed by atoms with E-state index in [0.717, 1.165) is 27.5 Å². The number of hydrazine groups is 1. The number of amides is 4. The monoisotopic (exact) mass is 580 g/mol. The van der Waals surface area contributed by atoms with Gasteiger partial charge in [-0.2, -0.15) is 5.01 Å². The van der Waals surface area contributed by atoms with E-state index in [1.807, 2.05) is 54.6 Å². The first-order valence-electron chi connectivity index (χ1n) is 14.2. The molecule has 1 unspecified atom stereocenters. The maximum atomic E-state index is 14.1. The van der Waals surface area contributed by atoms with Gasteiger partial charge in [0.2, 0.25) is 11.8 Å². The van der Waals surface area contributed by atoms with Crippen molar-refractivity contribution in [1.29, 1.82) is 0 Å². The lowest BCUT2D eigenvalue weighted by molar-refractivity contribution is -0.157. The van der Waals surface area contributed by atoms with Crippen LogP contribution in [0.2, 0.25) is 0 Å². The normalized spacial score (nSPS) is 18.7. The number of fused-ring (bicyclic) bond motifs is 2. The number of nitrogens with zero attached hydrogens (tertiary/aromatic N) is 4. The summed E-state index contributed by atoms with van der Waals surface area (Å²) in [5.41, 5.74) is 9.14. The van der Waals surface area contributed by atoms with Crippen LogP contribution in [0.5, 0.6) is 0 Å². The van der Waals surface area contributed by atoms with E-state index in [1.54, 1.807) is 46.1 Å². The SMILES string of the molecule is CN(C(=O)NCc1ccc(F)cc1)N1CC(=O)N2C(Cc3ccc(N)cc3)C(=O)N(Cc3cccc4ccccc34)C[C@@H]21. The number of carbonyl (C=O) groups excluding carboxylic acids is 3. The Labute approximate surface area is 249 Å². The minimum absolute atomic E-state index is 0.0429. The summed E-state index contributed by atoms with van der Waals surface area (Å²) in [7, 11) is 1.61. The number of halogens is 1. The highest BCUT2D eigenvalue weighted by Gasteiger charge is 2.51. The Kier molecular flexibility index (Phi) is 7.69. The maximum Gasteiger partial charge on any atom is 0.332 e. The van der Waals surface area contributed by atoms with Gasteiger partial charge in [-0.15, -0.1) is 0 Å². The van der Waals surface area contributed by atoms with E-state index in [9.17, 15) is 18.8 Å². The molecule has 4 amide bonds. The zero-order chi connectivity index (χ0) is 30.1. The first kappa shape index (κ1) is 28.2. The summed E-state index contributed by atoms with van der Waals surface area (Å²) < 4.78 is 13.3. The van der Waals surface area contributed by atoms with Gasteiger partial charge >= 0.3 is 6.03 Å². The van der Waals surface area contributed by atoms with Crippen LogP contribution in [0.3, 0.4) is 0 Å². The first-order valence-corrected chi connectivity index (χ1v) is 14.2. The molecule has 0 aliphatic carbocycles. The van der Waals surface area contributed by atoms with E-state index in [-0.39, 0.29) is 37.3 Å². The van der Waals surface area contributed by atoms with Crippen LogP contribution in [0.15, 0.2) is 91.0 Å². The number of carbonyl (C=O) groups is 3. The molecule has 0 radical (unpaired) electrons. The average Bonchev–Trinajstić information content (AvgIpc) is 3.34. The highest BCUT2D eigenvalue weighted by Crippen LogP contribution is 2.31. The summed E-state index contributed by atoms with van der Waals surface area (Å²) in [6.45, 7) is 0.761. The molecule has 2 saturated heterocycles. The van der Waals surface area contributed by atoms with Crippen molar-refractivity contribution in [1.82, 2.24) is 25.1 Å². The zero-order valence-corrected chi connectivity index (χ0v) is 23.8. The molecule has 9 nitrogen and oxygen atoms in total. The van der Waals surface area contributed by atoms with Gasteiger partial charge in [-0.05, 0) is 51.7 Å². The fourth-order valence-electron chi connectivity index (χ4n) is 5.97. The van der Waals surface area contributed by atoms with Crippen molar-refractivity contribution in [2.24, 2.45) is 0 Å². The number of urea groups is 1. The van der Waals surface area contributed by atoms with E-state index in [0.29, 0.717) is 18.7 Å². The molecule has 0 bridgehead atoms. The van der Waals surface area contributed by atoms with Gasteiger partial charge in [-0.25, -0.2) is 9.18 Å². The molecule has 0 spiro atoms. The molecule has 2 heterocycles. The minimum atomic E-state index is -0.745. The first-order chi connectivity index (χ1) is 20.8. The van der Waals surface area contributed by atoms with Crippen molar-refractivity contribution in [2.75, 3.05) is 25.9 Å². The predicted octanol–water partition coefficient (Wildman–Crippen LogP) is 3.74. The zero-order valence-electron chi connectivity index (χ0n) is 23.8. The molecule has 4 aromatic carbocycles. The number of piperazine rings is 1. The fourth-order valence-corrected chi connectivity index (χ4v) is 5.97. The average molecular weight is 581 g/mol. The third kappa shape index (κ3) is 5.74. The smallest absolute Gasteiger partial charge is 0.332 e. The molecule has 10 heteroatoms. The molecule has 4 aromatic rings. The summed E-state index contributed by atoms with van der Waals surface area (Å²) in [5, 5.41) is 8.10. The second-order valence-electron chi connectivity index (χ2n) is 11.0. The number of nitrogens with one attached hydrogen (secondary N) is 1. The number of anilines is 1. The molecule has 0 saturated carbocycles. The topological polar surface area (TPSA) is 102 Å². The lowest BCUT2D eigenvalue weighted by Gasteiger charge is -2.46. The summed E-state index contributed by atoms with van der Waals surface area (Å²) in [4.78, 5) is 44.2. The molecule has 2 atom stereocenters. The molecule has 43 heavy (non-hydrogen) atoms. The molecule has 220 valence electrons. The maximum absolute atomic E-state index is 14.1. The molecular weight excluding hydrogens is 547 g/mol. The summed E-state index contributed by atoms with van der Waals surface area (Å²) in [6, 6.07) is 26.1. The van der Waals surface area contributed by atoms with E-state index >= 15 is 0 Å². The van der Waals surface area contributed by atoms with E-state index in [4.69, 9.17) is 5.73 Å². The number of rotatable bonds is 7. The molecular formula is C33H33FN6O3. The van der Waals surface area contributed by atoms with Crippen molar-refractivity contribution in [3.63, 3.8) is 0 Å². The van der Waals surface area contributed by atoms with Gasteiger partial charge in [-0.3, -0.25) is 14.6 Å². The minimum Gasteiger partial charge on any atom is -0.399 e. The van der Waals surface area contributed by atoms with Crippen molar-refractivity contribution in [2.45, 2.75) is 31.7 Å². The van der Waals surface area contributed by atoms with E-state index < -0.39 is 18.2 Å². The van der Waals surface area contributed by atoms with Crippen LogP contribution in [-0.2, 0) is 29.1 Å². The van der Waals surface area contributed by atoms with Crippen LogP contribution in [0, 0.1) is 5.82 Å². The van der Waals surface area contributed by atoms with Crippen molar-refractivity contribution in [3.8, 4) is 0 Å². The molecule has 3 N–H and O–H groups in total. The van der Waals surface area contributed by atoms with Crippen molar-refractivity contribution < 1.29 is 18.8 Å². The lowest BCUT2D eigenvalue weighted by Crippen LogP contribution is -2.65. The summed E-state index contributed by atoms with van der Waals surface area (Å²) in [6.07, 6.45) is -0.220. The molecule has 6 rings (SSSR count). The van der Waals surface area contributed by atoms with Gasteiger partial charge in [0, 0.05) is 32.2 Å². The van der Waals surface area contributed by atoms with Crippen LogP contribution in [-0.4, -0.2) is 70.0 Å². The Morgan fingerprint density at radius 1 is 0.953 bits per heavy atom. The Hall–Kier alpha value is -4.96. The van der Waals surface area contributed by atoms with Crippen LogP contribution >= 0.6 is 0 Å². The van der Waals surface area contributed by atoms with Gasteiger partial charge in [0.1, 0.15) is 18.0 Å². The van der Waals surface area contributed by atoms with Crippen LogP contribution < -0.4 is 11.1 Å². The van der Waals surface area contributed by atoms with Gasteiger partial charge in [0.15, 0.2) is 0 Å². The Balaban J connectivity index is 1.27. The molecule has 2 aliphatic rings. The predicted molar refractivity (Wildman–Crippen MR) is 161 cm³/mol. The van der Waals surface area contributed by atoms with Gasteiger partial charge < -0.3 is 20.9 Å². The van der Waals surface area contributed by atoms with Gasteiger partial charge in [-0.1, -0.05) is 66.7 Å². The lowest BCUT2D eigenvalue weighted by atomic mass is 9.99. The van der Waals surface area contributed by atoms with Crippen molar-refractivity contribution >= 4 is 34.3 Å². The van der Waals surface area contributed by atoms with Gasteiger partial charge in [0.05, 0.1) is 13.1 Å². The van der Waals surface area contributed by atoms with Crippen molar-refractivity contribution in [3.05, 3.63) is 114 Å². The molecule has 0 aromatic heterocycles. The summed E-state index contributed by atoms with van der Waals surface area (Å²) in [5.74, 6) is -0.710. The van der Waals surface area contributed by atoms with E-state index in [2.05, 4.69) is 5.32 Å². The van der Waals surface area contributed by atoms with Crippen LogP contribution in [0.25, 0.3) is 10.8 Å². The Bertz CT molecular complexity index is 1660. The Morgan fingerprint density at radius 2 is 1.65 bits per heavy atom. The second-order valence-corrected chi connectivity index (χ2v) is 11.0. The molecule has 2 fully saturated rings. The summed E-state index contributed by atoms with van der Waals surface area (Å²) >= 11 is 0. The number of hydrogen-bond acceptors (Lipinski definition) is 5. The Morgan fingerprint density at radius 3 is 2.42 bits per heavy atom. The van der Waals surface area contributed by atoms with Crippen LogP contribution in [0.4, 0.5) is 14.9 Å². The highest BCUT2D eigenvalue weighted by molar-refractivity contribution is 5.92. The second kappa shape index (κ2) is 11.7. The third-order valence-corrected chi connectivity index (χ3v) is 8.25. The largest absolute Gasteiger partial charge is 0.399 e. The number of hydrogen-bond donors (Lipinski definition) is 2. The highest BCUT2D eigenvalue weighted by atomic mass is 19.1. The molecule has 2 aliphatic heterocycles. The number of nitrogens with two attached hydrogens (primary N) is 1. The standard InChI is InChI=1S/C33H33FN6O3/c1-37(33(43)36-18-23-9-13-26(34)14-10-23)39-21-31(41)40-29(17-22-11-15-27(35)16-12-22)32(42)38(20-30(39)40)19-25-7-4-6-24-5-2-3-8-28(24)25/h2-16,29-30H,17-21,35H2,1H3,(H,36,43)/t29?,30-/m1/s1. The number of benzene rings is 4. The quantitative estimate of drug-likeness (QED) is 0.325.